The molecule has 1 unspecified atom stereocenters. The molecule has 0 spiro atoms. The van der Waals surface area contributed by atoms with Gasteiger partial charge in [-0.3, -0.25) is 9.89 Å². The Balaban J connectivity index is 2.43. The number of hydrogen-bond acceptors (Lipinski definition) is 1. The minimum Gasteiger partial charge on any atom is -0.299 e. The van der Waals surface area contributed by atoms with Crippen LogP contribution in [0.2, 0.25) is 0 Å². The van der Waals surface area contributed by atoms with Crippen LogP contribution in [0.3, 0.4) is 0 Å². The highest BCUT2D eigenvalue weighted by Gasteiger charge is 2.12. The molecular weight excluding hydrogens is 219 g/mol. The molecule has 1 heterocycles. The Bertz CT molecular complexity index is 598. The largest absolute Gasteiger partial charge is 0.299 e. The van der Waals surface area contributed by atoms with Crippen LogP contribution in [0.15, 0.2) is 29.1 Å². The molecule has 1 N–H and O–H groups in total. The fourth-order valence-corrected chi connectivity index (χ4v) is 1.90. The van der Waals surface area contributed by atoms with Crippen molar-refractivity contribution in [3.05, 3.63) is 57.3 Å². The van der Waals surface area contributed by atoms with E-state index in [4.69, 9.17) is 0 Å². The number of aryl methyl sites for hydroxylation is 2. The van der Waals surface area contributed by atoms with Gasteiger partial charge in [-0.25, -0.2) is 9.07 Å². The van der Waals surface area contributed by atoms with Gasteiger partial charge in [-0.1, -0.05) is 12.1 Å². The molecule has 0 saturated carbocycles. The third kappa shape index (κ3) is 2.16. The van der Waals surface area contributed by atoms with Crippen molar-refractivity contribution < 1.29 is 4.39 Å². The lowest BCUT2D eigenvalue weighted by Gasteiger charge is -2.13. The fraction of sp³-hybridized carbons (Fsp3) is 0.308. The standard InChI is InChI=1S/C13H15FN2O/c1-8-6-11(4-5-12(8)14)10(3)16-13(17)7-9(2)15-16/h4-7,10,15H,1-3H3. The van der Waals surface area contributed by atoms with Crippen molar-refractivity contribution in [3.8, 4) is 0 Å². The number of benzene rings is 1. The molecule has 2 aromatic rings. The summed E-state index contributed by atoms with van der Waals surface area (Å²) in [7, 11) is 0. The van der Waals surface area contributed by atoms with Crippen LogP contribution in [0.5, 0.6) is 0 Å². The van der Waals surface area contributed by atoms with Crippen molar-refractivity contribution in [3.63, 3.8) is 0 Å². The molecule has 0 fully saturated rings. The van der Waals surface area contributed by atoms with E-state index in [1.54, 1.807) is 29.8 Å². The van der Waals surface area contributed by atoms with Gasteiger partial charge in [0.2, 0.25) is 0 Å². The van der Waals surface area contributed by atoms with Crippen LogP contribution in [-0.4, -0.2) is 9.78 Å². The maximum absolute atomic E-state index is 13.2. The van der Waals surface area contributed by atoms with E-state index in [2.05, 4.69) is 5.10 Å². The monoisotopic (exact) mass is 234 g/mol. The maximum Gasteiger partial charge on any atom is 0.267 e. The summed E-state index contributed by atoms with van der Waals surface area (Å²) in [6, 6.07) is 6.32. The van der Waals surface area contributed by atoms with Crippen molar-refractivity contribution in [2.75, 3.05) is 0 Å². The average molecular weight is 234 g/mol. The summed E-state index contributed by atoms with van der Waals surface area (Å²) >= 11 is 0. The molecule has 17 heavy (non-hydrogen) atoms. The Morgan fingerprint density at radius 2 is 2.00 bits per heavy atom. The summed E-state index contributed by atoms with van der Waals surface area (Å²) in [6.45, 7) is 5.46. The van der Waals surface area contributed by atoms with Crippen LogP contribution in [0.4, 0.5) is 4.39 Å². The smallest absolute Gasteiger partial charge is 0.267 e. The summed E-state index contributed by atoms with van der Waals surface area (Å²) in [6.07, 6.45) is 0. The predicted octanol–water partition coefficient (Wildman–Crippen LogP) is 2.54. The molecule has 0 bridgehead atoms. The van der Waals surface area contributed by atoms with Crippen LogP contribution >= 0.6 is 0 Å². The van der Waals surface area contributed by atoms with Crippen LogP contribution in [0.1, 0.15) is 29.8 Å². The van der Waals surface area contributed by atoms with Crippen molar-refractivity contribution in [1.82, 2.24) is 9.78 Å². The molecule has 90 valence electrons. The van der Waals surface area contributed by atoms with Crippen LogP contribution < -0.4 is 5.56 Å². The first-order valence-corrected chi connectivity index (χ1v) is 5.53. The molecule has 0 aliphatic carbocycles. The third-order valence-electron chi connectivity index (χ3n) is 2.93. The van der Waals surface area contributed by atoms with Gasteiger partial charge in [0.15, 0.2) is 0 Å². The number of rotatable bonds is 2. The molecule has 0 amide bonds. The van der Waals surface area contributed by atoms with Crippen molar-refractivity contribution >= 4 is 0 Å². The summed E-state index contributed by atoms with van der Waals surface area (Å²) in [5.74, 6) is -0.226. The number of nitrogens with zero attached hydrogens (tertiary/aromatic N) is 1. The molecule has 2 rings (SSSR count). The molecule has 0 aliphatic rings. The van der Waals surface area contributed by atoms with Gasteiger partial charge in [-0.2, -0.15) is 0 Å². The Hall–Kier alpha value is -1.84. The molecule has 0 aliphatic heterocycles. The lowest BCUT2D eigenvalue weighted by atomic mass is 10.1. The second-order valence-electron chi connectivity index (χ2n) is 4.33. The molecule has 4 heteroatoms. The Morgan fingerprint density at radius 3 is 2.53 bits per heavy atom. The highest BCUT2D eigenvalue weighted by atomic mass is 19.1. The number of halogens is 1. The first-order chi connectivity index (χ1) is 7.99. The van der Waals surface area contributed by atoms with Gasteiger partial charge in [0.25, 0.3) is 5.56 Å². The number of aromatic nitrogens is 2. The normalized spacial score (nSPS) is 12.7. The Kier molecular flexibility index (Phi) is 2.88. The van der Waals surface area contributed by atoms with E-state index < -0.39 is 0 Å². The van der Waals surface area contributed by atoms with Gasteiger partial charge in [-0.05, 0) is 38.0 Å². The molecule has 1 atom stereocenters. The van der Waals surface area contributed by atoms with Gasteiger partial charge >= 0.3 is 0 Å². The van der Waals surface area contributed by atoms with Gasteiger partial charge in [-0.15, -0.1) is 0 Å². The molecule has 3 nitrogen and oxygen atoms in total. The van der Waals surface area contributed by atoms with E-state index >= 15 is 0 Å². The summed E-state index contributed by atoms with van der Waals surface area (Å²) in [5, 5.41) is 2.99. The highest BCUT2D eigenvalue weighted by Crippen LogP contribution is 2.18. The zero-order valence-electron chi connectivity index (χ0n) is 10.1. The predicted molar refractivity (Wildman–Crippen MR) is 64.7 cm³/mol. The minimum absolute atomic E-state index is 0.0722. The van der Waals surface area contributed by atoms with Gasteiger partial charge < -0.3 is 0 Å². The topological polar surface area (TPSA) is 37.8 Å². The van der Waals surface area contributed by atoms with Gasteiger partial charge in [0.1, 0.15) is 5.82 Å². The molecule has 0 saturated heterocycles. The zero-order chi connectivity index (χ0) is 12.6. The SMILES string of the molecule is Cc1cc(=O)n(C(C)c2ccc(F)c(C)c2)[nH]1. The Morgan fingerprint density at radius 1 is 1.29 bits per heavy atom. The van der Waals surface area contributed by atoms with E-state index in [-0.39, 0.29) is 17.4 Å². The number of nitrogens with one attached hydrogen (secondary N) is 1. The highest BCUT2D eigenvalue weighted by molar-refractivity contribution is 5.26. The minimum atomic E-state index is -0.226. The first kappa shape index (κ1) is 11.6. The molecule has 1 aromatic carbocycles. The average Bonchev–Trinajstić information content (AvgIpc) is 2.61. The van der Waals surface area contributed by atoms with E-state index in [9.17, 15) is 9.18 Å². The Labute approximate surface area is 98.9 Å². The summed E-state index contributed by atoms with van der Waals surface area (Å²) in [4.78, 5) is 11.7. The van der Waals surface area contributed by atoms with Crippen molar-refractivity contribution in [2.24, 2.45) is 0 Å². The van der Waals surface area contributed by atoms with Gasteiger partial charge in [0.05, 0.1) is 6.04 Å². The van der Waals surface area contributed by atoms with Crippen LogP contribution in [0.25, 0.3) is 0 Å². The lowest BCUT2D eigenvalue weighted by Crippen LogP contribution is -2.21. The lowest BCUT2D eigenvalue weighted by molar-refractivity contribution is 0.541. The van der Waals surface area contributed by atoms with E-state index in [0.717, 1.165) is 11.3 Å². The van der Waals surface area contributed by atoms with Crippen LogP contribution in [-0.2, 0) is 0 Å². The fourth-order valence-electron chi connectivity index (χ4n) is 1.90. The molecular formula is C13H15FN2O. The quantitative estimate of drug-likeness (QED) is 0.852. The number of H-pyrrole nitrogens is 1. The number of hydrogen-bond donors (Lipinski definition) is 1. The summed E-state index contributed by atoms with van der Waals surface area (Å²) < 4.78 is 14.7. The zero-order valence-corrected chi connectivity index (χ0v) is 10.1. The first-order valence-electron chi connectivity index (χ1n) is 5.53. The van der Waals surface area contributed by atoms with E-state index in [0.29, 0.717) is 5.56 Å². The summed E-state index contributed by atoms with van der Waals surface area (Å²) in [5.41, 5.74) is 2.25. The second kappa shape index (κ2) is 4.20. The maximum atomic E-state index is 13.2. The van der Waals surface area contributed by atoms with E-state index in [1.165, 1.54) is 6.07 Å². The van der Waals surface area contributed by atoms with Crippen LogP contribution in [0, 0.1) is 19.7 Å². The van der Waals surface area contributed by atoms with E-state index in [1.807, 2.05) is 13.8 Å². The molecule has 1 aromatic heterocycles. The van der Waals surface area contributed by atoms with Gasteiger partial charge in [0, 0.05) is 11.8 Å². The van der Waals surface area contributed by atoms with Crippen molar-refractivity contribution in [2.45, 2.75) is 26.8 Å². The van der Waals surface area contributed by atoms with Crippen molar-refractivity contribution in [1.29, 1.82) is 0 Å². The molecule has 0 radical (unpaired) electrons. The third-order valence-corrected chi connectivity index (χ3v) is 2.93. The number of aromatic amines is 1. The second-order valence-corrected chi connectivity index (χ2v) is 4.33.